The molecule has 0 saturated carbocycles. The summed E-state index contributed by atoms with van der Waals surface area (Å²) in [5.41, 5.74) is 0. The molecule has 1 heterocycles. The number of rotatable bonds is 5. The van der Waals surface area contributed by atoms with Gasteiger partial charge in [0, 0.05) is 18.1 Å². The Morgan fingerprint density at radius 2 is 1.88 bits per heavy atom. The monoisotopic (exact) mass is 408 g/mol. The van der Waals surface area contributed by atoms with Crippen LogP contribution in [0.3, 0.4) is 0 Å². The average Bonchev–Trinajstić information content (AvgIpc) is 2.56. The number of piperazine rings is 1. The van der Waals surface area contributed by atoms with Crippen LogP contribution in [-0.2, 0) is 14.8 Å². The van der Waals surface area contributed by atoms with Gasteiger partial charge in [0.25, 0.3) is 5.91 Å². The maximum absolute atomic E-state index is 12.8. The molecule has 0 aliphatic carbocycles. The highest BCUT2D eigenvalue weighted by molar-refractivity contribution is 7.89. The maximum Gasteiger partial charge on any atom is 0.277 e. The van der Waals surface area contributed by atoms with E-state index in [-0.39, 0.29) is 21.9 Å². The fourth-order valence-corrected chi connectivity index (χ4v) is 4.84. The first-order valence-corrected chi connectivity index (χ1v) is 10.4. The van der Waals surface area contributed by atoms with Gasteiger partial charge in [-0.05, 0) is 32.0 Å². The first kappa shape index (κ1) is 20.5. The molecule has 0 radical (unpaired) electrons. The van der Waals surface area contributed by atoms with Crippen LogP contribution < -0.4 is 4.90 Å². The van der Waals surface area contributed by atoms with E-state index in [1.165, 1.54) is 16.4 Å². The van der Waals surface area contributed by atoms with E-state index in [0.717, 1.165) is 4.90 Å². The number of nitrogens with zero attached hydrogens (tertiary/aromatic N) is 2. The Morgan fingerprint density at radius 3 is 2.44 bits per heavy atom. The van der Waals surface area contributed by atoms with Gasteiger partial charge >= 0.3 is 0 Å². The Hall–Kier alpha value is -0.860. The molecule has 1 aromatic carbocycles. The number of nitrogens with one attached hydrogen (secondary N) is 1. The largest absolute Gasteiger partial charge is 0.338 e. The Bertz CT molecular complexity index is 732. The number of quaternary nitrogens is 1. The summed E-state index contributed by atoms with van der Waals surface area (Å²) in [4.78, 5) is 15.0. The molecule has 25 heavy (non-hydrogen) atoms. The summed E-state index contributed by atoms with van der Waals surface area (Å²) in [6, 6.07) is 4.57. The van der Waals surface area contributed by atoms with Gasteiger partial charge in [-0.3, -0.25) is 4.79 Å². The number of hydrogen-bond acceptors (Lipinski definition) is 3. The average molecular weight is 409 g/mol. The highest BCUT2D eigenvalue weighted by atomic mass is 35.5. The van der Waals surface area contributed by atoms with Gasteiger partial charge in [-0.2, -0.15) is 4.31 Å². The number of sulfonamides is 1. The number of likely N-dealkylation sites (N-methyl/N-ethyl adjacent to an activating group) is 1. The lowest BCUT2D eigenvalue weighted by molar-refractivity contribution is -0.896. The van der Waals surface area contributed by atoms with Gasteiger partial charge in [0.15, 0.2) is 6.54 Å². The molecule has 2 rings (SSSR count). The number of carbonyl (C=O) groups is 1. The van der Waals surface area contributed by atoms with Crippen molar-refractivity contribution in [1.29, 1.82) is 0 Å². The lowest BCUT2D eigenvalue weighted by atomic mass is 10.3. The second kappa shape index (κ2) is 8.22. The zero-order valence-corrected chi connectivity index (χ0v) is 17.0. The Morgan fingerprint density at radius 1 is 1.28 bits per heavy atom. The van der Waals surface area contributed by atoms with E-state index < -0.39 is 10.0 Å². The third kappa shape index (κ3) is 4.86. The molecule has 0 atom stereocenters. The van der Waals surface area contributed by atoms with Crippen molar-refractivity contribution in [2.45, 2.75) is 24.8 Å². The molecule has 9 heteroatoms. The number of amides is 1. The lowest BCUT2D eigenvalue weighted by Crippen LogP contribution is -3.15. The first-order valence-electron chi connectivity index (χ1n) is 8.17. The normalized spacial score (nSPS) is 17.0. The molecule has 0 aromatic heterocycles. The number of hydrogen-bond donors (Lipinski definition) is 1. The minimum atomic E-state index is -3.69. The maximum atomic E-state index is 12.8. The van der Waals surface area contributed by atoms with Gasteiger partial charge < -0.3 is 9.80 Å². The van der Waals surface area contributed by atoms with Crippen LogP contribution in [0, 0.1) is 0 Å². The molecule has 1 N–H and O–H groups in total. The minimum Gasteiger partial charge on any atom is -0.338 e. The third-order valence-electron chi connectivity index (χ3n) is 4.51. The van der Waals surface area contributed by atoms with Crippen LogP contribution in [0.4, 0.5) is 0 Å². The van der Waals surface area contributed by atoms with Gasteiger partial charge in [-0.15, -0.1) is 0 Å². The lowest BCUT2D eigenvalue weighted by Gasteiger charge is -2.32. The smallest absolute Gasteiger partial charge is 0.277 e. The van der Waals surface area contributed by atoms with Crippen LogP contribution in [0.2, 0.25) is 10.0 Å². The summed E-state index contributed by atoms with van der Waals surface area (Å²) in [7, 11) is -1.90. The summed E-state index contributed by atoms with van der Waals surface area (Å²) in [5.74, 6) is 0.0687. The summed E-state index contributed by atoms with van der Waals surface area (Å²) in [6.45, 7) is 6.15. The van der Waals surface area contributed by atoms with Gasteiger partial charge in [0.05, 0.1) is 31.2 Å². The van der Waals surface area contributed by atoms with Crippen molar-refractivity contribution < 1.29 is 18.1 Å². The molecule has 0 unspecified atom stereocenters. The molecule has 1 fully saturated rings. The van der Waals surface area contributed by atoms with Crippen molar-refractivity contribution in [3.63, 3.8) is 0 Å². The highest BCUT2D eigenvalue weighted by Gasteiger charge is 2.33. The predicted octanol–water partition coefficient (Wildman–Crippen LogP) is 0.749. The van der Waals surface area contributed by atoms with Crippen molar-refractivity contribution in [3.8, 4) is 0 Å². The van der Waals surface area contributed by atoms with Crippen LogP contribution >= 0.6 is 23.2 Å². The van der Waals surface area contributed by atoms with Crippen molar-refractivity contribution in [3.05, 3.63) is 28.2 Å². The fraction of sp³-hybridized carbons (Fsp3) is 0.562. The second-order valence-electron chi connectivity index (χ2n) is 6.50. The van der Waals surface area contributed by atoms with E-state index in [1.807, 2.05) is 13.8 Å². The highest BCUT2D eigenvalue weighted by Crippen LogP contribution is 2.27. The Kier molecular flexibility index (Phi) is 6.73. The van der Waals surface area contributed by atoms with E-state index in [2.05, 4.69) is 0 Å². The zero-order chi connectivity index (χ0) is 18.8. The van der Waals surface area contributed by atoms with E-state index in [0.29, 0.717) is 37.7 Å². The van der Waals surface area contributed by atoms with Crippen LogP contribution in [0.15, 0.2) is 23.1 Å². The third-order valence-corrected chi connectivity index (χ3v) is 7.13. The van der Waals surface area contributed by atoms with E-state index in [4.69, 9.17) is 23.2 Å². The quantitative estimate of drug-likeness (QED) is 0.781. The molecule has 1 aromatic rings. The van der Waals surface area contributed by atoms with Crippen LogP contribution in [-0.4, -0.2) is 69.3 Å². The molecule has 0 spiro atoms. The van der Waals surface area contributed by atoms with Crippen molar-refractivity contribution in [2.24, 2.45) is 0 Å². The van der Waals surface area contributed by atoms with Crippen molar-refractivity contribution in [2.75, 3.05) is 39.8 Å². The number of halogens is 2. The summed E-state index contributed by atoms with van der Waals surface area (Å²) >= 11 is 12.0. The van der Waals surface area contributed by atoms with E-state index in [9.17, 15) is 13.2 Å². The SMILES string of the molecule is CC(C)N(C)C(=O)C[NH+]1CCN(S(=O)(=O)c2cc(Cl)ccc2Cl)CC1. The predicted molar refractivity (Wildman–Crippen MR) is 98.7 cm³/mol. The van der Waals surface area contributed by atoms with Gasteiger partial charge in [0.1, 0.15) is 4.90 Å². The molecule has 0 bridgehead atoms. The Balaban J connectivity index is 2.02. The summed E-state index contributed by atoms with van der Waals surface area (Å²) in [5, 5.41) is 0.488. The summed E-state index contributed by atoms with van der Waals surface area (Å²) < 4.78 is 27.0. The standard InChI is InChI=1S/C16H23Cl2N3O3S/c1-12(2)19(3)16(22)11-20-6-8-21(9-7-20)25(23,24)15-10-13(17)4-5-14(15)18/h4-5,10,12H,6-9,11H2,1-3H3/p+1. The van der Waals surface area contributed by atoms with Crippen LogP contribution in [0.5, 0.6) is 0 Å². The van der Waals surface area contributed by atoms with Crippen molar-refractivity contribution in [1.82, 2.24) is 9.21 Å². The minimum absolute atomic E-state index is 0.0285. The van der Waals surface area contributed by atoms with Crippen LogP contribution in [0.1, 0.15) is 13.8 Å². The molecule has 140 valence electrons. The molecule has 1 aliphatic rings. The summed E-state index contributed by atoms with van der Waals surface area (Å²) in [6.07, 6.45) is 0. The number of carbonyl (C=O) groups excluding carboxylic acids is 1. The van der Waals surface area contributed by atoms with E-state index in [1.54, 1.807) is 18.0 Å². The molecule has 1 amide bonds. The van der Waals surface area contributed by atoms with Crippen molar-refractivity contribution >= 4 is 39.1 Å². The molecular weight excluding hydrogens is 385 g/mol. The van der Waals surface area contributed by atoms with E-state index >= 15 is 0 Å². The molecular formula is C16H24Cl2N3O3S+. The number of benzene rings is 1. The zero-order valence-electron chi connectivity index (χ0n) is 14.6. The van der Waals surface area contributed by atoms with Gasteiger partial charge in [-0.1, -0.05) is 23.2 Å². The topological polar surface area (TPSA) is 62.1 Å². The molecule has 6 nitrogen and oxygen atoms in total. The fourth-order valence-electron chi connectivity index (χ4n) is 2.66. The van der Waals surface area contributed by atoms with Gasteiger partial charge in [-0.25, -0.2) is 8.42 Å². The van der Waals surface area contributed by atoms with Crippen LogP contribution in [0.25, 0.3) is 0 Å². The second-order valence-corrected chi connectivity index (χ2v) is 9.25. The Labute approximate surface area is 159 Å². The van der Waals surface area contributed by atoms with Gasteiger partial charge in [0.2, 0.25) is 10.0 Å². The first-order chi connectivity index (χ1) is 11.6. The molecule has 1 saturated heterocycles. The molecule has 1 aliphatic heterocycles.